The summed E-state index contributed by atoms with van der Waals surface area (Å²) in [7, 11) is 1.61. The Morgan fingerprint density at radius 1 is 1.39 bits per heavy atom. The topological polar surface area (TPSA) is 75.2 Å². The van der Waals surface area contributed by atoms with Crippen LogP contribution in [-0.4, -0.2) is 40.3 Å². The number of amides is 2. The number of carbonyl (C=O) groups excluding carboxylic acids is 2. The fraction of sp³-hybridized carbons (Fsp3) is 0.375. The van der Waals surface area contributed by atoms with Crippen molar-refractivity contribution < 1.29 is 9.59 Å². The van der Waals surface area contributed by atoms with Crippen LogP contribution in [0.25, 0.3) is 0 Å². The van der Waals surface area contributed by atoms with Crippen molar-refractivity contribution >= 4 is 28.3 Å². The summed E-state index contributed by atoms with van der Waals surface area (Å²) in [6.45, 7) is 1.89. The summed E-state index contributed by atoms with van der Waals surface area (Å²) in [4.78, 5) is 35.3. The molecule has 0 aliphatic heterocycles. The van der Waals surface area contributed by atoms with Gasteiger partial charge in [-0.2, -0.15) is 0 Å². The molecule has 3 rings (SSSR count). The molecule has 2 aromatic rings. The predicted octanol–water partition coefficient (Wildman–Crippen LogP) is 2.43. The largest absolute Gasteiger partial charge is 0.331 e. The number of likely N-dealkylation sites (N-methyl/N-ethyl adjacent to an activating group) is 1. The summed E-state index contributed by atoms with van der Waals surface area (Å²) in [5.74, 6) is -0.0553. The quantitative estimate of drug-likeness (QED) is 0.913. The minimum Gasteiger partial charge on any atom is -0.331 e. The van der Waals surface area contributed by atoms with Crippen LogP contribution in [0, 0.1) is 6.92 Å². The van der Waals surface area contributed by atoms with E-state index < -0.39 is 0 Å². The van der Waals surface area contributed by atoms with Gasteiger partial charge in [0.1, 0.15) is 5.69 Å². The molecule has 7 heteroatoms. The third-order valence-corrected chi connectivity index (χ3v) is 4.48. The van der Waals surface area contributed by atoms with Crippen LogP contribution in [-0.2, 0) is 4.79 Å². The molecule has 0 unspecified atom stereocenters. The molecule has 6 nitrogen and oxygen atoms in total. The van der Waals surface area contributed by atoms with Gasteiger partial charge in [0.05, 0.1) is 6.54 Å². The molecule has 1 aliphatic carbocycles. The van der Waals surface area contributed by atoms with Crippen LogP contribution < -0.4 is 5.32 Å². The number of pyridine rings is 1. The van der Waals surface area contributed by atoms with Gasteiger partial charge in [-0.15, -0.1) is 11.3 Å². The molecule has 1 saturated carbocycles. The van der Waals surface area contributed by atoms with E-state index in [1.165, 1.54) is 16.2 Å². The fourth-order valence-corrected chi connectivity index (χ4v) is 3.04. The van der Waals surface area contributed by atoms with Crippen LogP contribution in [0.1, 0.15) is 39.7 Å². The molecule has 1 fully saturated rings. The number of hydrogen-bond donors (Lipinski definition) is 1. The summed E-state index contributed by atoms with van der Waals surface area (Å²) in [5.41, 5.74) is 1.44. The van der Waals surface area contributed by atoms with Crippen LogP contribution in [0.4, 0.5) is 5.13 Å². The third-order valence-electron chi connectivity index (χ3n) is 3.65. The lowest BCUT2D eigenvalue weighted by Crippen LogP contribution is -2.35. The molecular formula is C16H18N4O2S. The van der Waals surface area contributed by atoms with E-state index in [4.69, 9.17) is 0 Å². The van der Waals surface area contributed by atoms with Crippen molar-refractivity contribution in [3.05, 3.63) is 40.7 Å². The lowest BCUT2D eigenvalue weighted by atomic mass is 10.1. The van der Waals surface area contributed by atoms with E-state index in [2.05, 4.69) is 15.3 Å². The SMILES string of the molecule is Cc1cnc(NC(=O)CN(C)C(=O)c2ncccc2C2CC2)s1. The number of rotatable bonds is 5. The normalized spacial score (nSPS) is 13.7. The summed E-state index contributed by atoms with van der Waals surface area (Å²) in [5, 5.41) is 3.25. The van der Waals surface area contributed by atoms with Crippen molar-refractivity contribution in [3.8, 4) is 0 Å². The number of thiazole rings is 1. The summed E-state index contributed by atoms with van der Waals surface area (Å²) in [6, 6.07) is 3.80. The van der Waals surface area contributed by atoms with E-state index in [9.17, 15) is 9.59 Å². The standard InChI is InChI=1S/C16H18N4O2S/c1-10-8-18-16(23-10)19-13(21)9-20(2)15(22)14-12(11-5-6-11)4-3-7-17-14/h3-4,7-8,11H,5-6,9H2,1-2H3,(H,18,19,21). The Morgan fingerprint density at radius 3 is 2.83 bits per heavy atom. The van der Waals surface area contributed by atoms with Gasteiger partial charge in [0, 0.05) is 24.3 Å². The van der Waals surface area contributed by atoms with E-state index >= 15 is 0 Å². The van der Waals surface area contributed by atoms with E-state index in [0.29, 0.717) is 16.7 Å². The Balaban J connectivity index is 1.64. The smallest absolute Gasteiger partial charge is 0.272 e. The van der Waals surface area contributed by atoms with Gasteiger partial charge in [0.25, 0.3) is 5.91 Å². The van der Waals surface area contributed by atoms with Crippen molar-refractivity contribution in [2.75, 3.05) is 18.9 Å². The molecule has 0 radical (unpaired) electrons. The molecule has 0 saturated heterocycles. The Morgan fingerprint density at radius 2 is 2.17 bits per heavy atom. The molecule has 23 heavy (non-hydrogen) atoms. The highest BCUT2D eigenvalue weighted by Gasteiger charge is 2.30. The van der Waals surface area contributed by atoms with Crippen LogP contribution in [0.3, 0.4) is 0 Å². The summed E-state index contributed by atoms with van der Waals surface area (Å²) >= 11 is 1.40. The van der Waals surface area contributed by atoms with Gasteiger partial charge in [0.15, 0.2) is 5.13 Å². The monoisotopic (exact) mass is 330 g/mol. The van der Waals surface area contributed by atoms with Crippen LogP contribution in [0.2, 0.25) is 0 Å². The van der Waals surface area contributed by atoms with Crippen LogP contribution >= 0.6 is 11.3 Å². The van der Waals surface area contributed by atoms with Gasteiger partial charge in [-0.1, -0.05) is 6.07 Å². The van der Waals surface area contributed by atoms with Crippen LogP contribution in [0.15, 0.2) is 24.5 Å². The first-order valence-corrected chi connectivity index (χ1v) is 8.29. The zero-order valence-electron chi connectivity index (χ0n) is 13.1. The molecule has 2 aromatic heterocycles. The number of nitrogens with one attached hydrogen (secondary N) is 1. The highest BCUT2D eigenvalue weighted by molar-refractivity contribution is 7.15. The number of aryl methyl sites for hydroxylation is 1. The highest BCUT2D eigenvalue weighted by atomic mass is 32.1. The Labute approximate surface area is 138 Å². The van der Waals surface area contributed by atoms with Gasteiger partial charge in [-0.05, 0) is 37.3 Å². The first-order valence-electron chi connectivity index (χ1n) is 7.47. The van der Waals surface area contributed by atoms with Crippen molar-refractivity contribution in [1.82, 2.24) is 14.9 Å². The molecule has 2 heterocycles. The van der Waals surface area contributed by atoms with E-state index in [1.54, 1.807) is 19.4 Å². The maximum Gasteiger partial charge on any atom is 0.272 e. The number of nitrogens with zero attached hydrogens (tertiary/aromatic N) is 3. The second-order valence-corrected chi connectivity index (χ2v) is 6.94. The minimum absolute atomic E-state index is 0.0296. The predicted molar refractivity (Wildman–Crippen MR) is 88.7 cm³/mol. The second-order valence-electron chi connectivity index (χ2n) is 5.70. The minimum atomic E-state index is -0.265. The first-order chi connectivity index (χ1) is 11.0. The molecule has 1 aliphatic rings. The summed E-state index contributed by atoms with van der Waals surface area (Å²) < 4.78 is 0. The maximum absolute atomic E-state index is 12.6. The van der Waals surface area contributed by atoms with Crippen molar-refractivity contribution in [2.45, 2.75) is 25.7 Å². The highest BCUT2D eigenvalue weighted by Crippen LogP contribution is 2.41. The molecule has 0 atom stereocenters. The Kier molecular flexibility index (Phi) is 4.38. The first kappa shape index (κ1) is 15.6. The molecule has 2 amide bonds. The average molecular weight is 330 g/mol. The Bertz CT molecular complexity index is 739. The molecule has 0 aromatic carbocycles. The average Bonchev–Trinajstić information content (AvgIpc) is 3.30. The number of anilines is 1. The van der Waals surface area contributed by atoms with Gasteiger partial charge in [-0.3, -0.25) is 14.6 Å². The van der Waals surface area contributed by atoms with E-state index in [0.717, 1.165) is 23.3 Å². The lowest BCUT2D eigenvalue weighted by Gasteiger charge is -2.17. The van der Waals surface area contributed by atoms with Crippen molar-refractivity contribution in [1.29, 1.82) is 0 Å². The Hall–Kier alpha value is -2.28. The molecule has 0 bridgehead atoms. The number of carbonyl (C=O) groups is 2. The zero-order valence-corrected chi connectivity index (χ0v) is 13.9. The molecular weight excluding hydrogens is 312 g/mol. The molecule has 1 N–H and O–H groups in total. The van der Waals surface area contributed by atoms with Crippen LogP contribution in [0.5, 0.6) is 0 Å². The van der Waals surface area contributed by atoms with E-state index in [1.807, 2.05) is 19.1 Å². The van der Waals surface area contributed by atoms with Gasteiger partial charge >= 0.3 is 0 Å². The fourth-order valence-electron chi connectivity index (χ4n) is 2.36. The number of hydrogen-bond acceptors (Lipinski definition) is 5. The van der Waals surface area contributed by atoms with Gasteiger partial charge < -0.3 is 10.2 Å². The van der Waals surface area contributed by atoms with Gasteiger partial charge in [-0.25, -0.2) is 4.98 Å². The second kappa shape index (κ2) is 6.45. The van der Waals surface area contributed by atoms with Crippen molar-refractivity contribution in [2.24, 2.45) is 0 Å². The maximum atomic E-state index is 12.6. The number of aromatic nitrogens is 2. The van der Waals surface area contributed by atoms with E-state index in [-0.39, 0.29) is 18.4 Å². The summed E-state index contributed by atoms with van der Waals surface area (Å²) in [6.07, 6.45) is 5.51. The zero-order chi connectivity index (χ0) is 16.4. The van der Waals surface area contributed by atoms with Crippen molar-refractivity contribution in [3.63, 3.8) is 0 Å². The van der Waals surface area contributed by atoms with Gasteiger partial charge in [0.2, 0.25) is 5.91 Å². The molecule has 120 valence electrons. The third kappa shape index (κ3) is 3.73. The molecule has 0 spiro atoms. The lowest BCUT2D eigenvalue weighted by molar-refractivity contribution is -0.116.